The molecule has 0 aromatic heterocycles. The standard InChI is InChI=1S/C8H17N3O3.2ClH/c1-2-14-11-6-10-5-3-4-7(9)8(12)13;;/h6-7H,2-5,9H2,1H3,(H,10,11)(H,12,13);2*1H/t7-;;/m0../s1. The molecule has 8 heteroatoms. The summed E-state index contributed by atoms with van der Waals surface area (Å²) in [5.41, 5.74) is 7.79. The summed E-state index contributed by atoms with van der Waals surface area (Å²) in [6.07, 6.45) is 2.52. The van der Waals surface area contributed by atoms with Crippen LogP contribution in [0.15, 0.2) is 4.99 Å². The lowest BCUT2D eigenvalue weighted by Crippen LogP contribution is -2.29. The van der Waals surface area contributed by atoms with Gasteiger partial charge in [-0.15, -0.1) is 24.8 Å². The lowest BCUT2D eigenvalue weighted by Gasteiger charge is -2.03. The van der Waals surface area contributed by atoms with Crippen molar-refractivity contribution in [3.05, 3.63) is 0 Å². The number of aliphatic carboxylic acids is 1. The van der Waals surface area contributed by atoms with E-state index in [1.165, 1.54) is 6.34 Å². The minimum Gasteiger partial charge on any atom is -0.480 e. The number of halogens is 2. The molecule has 0 aliphatic heterocycles. The molecular formula is C8H19Cl2N3O3. The largest absolute Gasteiger partial charge is 0.480 e. The fraction of sp³-hybridized carbons (Fsp3) is 0.750. The first-order valence-electron chi connectivity index (χ1n) is 4.52. The topological polar surface area (TPSA) is 96.9 Å². The van der Waals surface area contributed by atoms with Crippen molar-refractivity contribution in [2.45, 2.75) is 25.8 Å². The summed E-state index contributed by atoms with van der Waals surface area (Å²) in [4.78, 5) is 19.0. The third-order valence-corrected chi connectivity index (χ3v) is 1.49. The maximum Gasteiger partial charge on any atom is 0.320 e. The molecule has 0 unspecified atom stereocenters. The molecule has 98 valence electrons. The highest BCUT2D eigenvalue weighted by Gasteiger charge is 2.09. The molecule has 0 spiro atoms. The second kappa shape index (κ2) is 14.4. The Morgan fingerprint density at radius 1 is 1.62 bits per heavy atom. The summed E-state index contributed by atoms with van der Waals surface area (Å²) in [6, 6.07) is -0.787. The van der Waals surface area contributed by atoms with E-state index in [2.05, 4.69) is 10.5 Å². The van der Waals surface area contributed by atoms with Crippen LogP contribution in [0.2, 0.25) is 0 Å². The summed E-state index contributed by atoms with van der Waals surface area (Å²) in [5, 5.41) is 8.46. The van der Waals surface area contributed by atoms with Gasteiger partial charge in [-0.25, -0.2) is 0 Å². The average Bonchev–Trinajstić information content (AvgIpc) is 2.16. The Morgan fingerprint density at radius 2 is 2.25 bits per heavy atom. The highest BCUT2D eigenvalue weighted by atomic mass is 35.5. The van der Waals surface area contributed by atoms with E-state index in [-0.39, 0.29) is 24.8 Å². The van der Waals surface area contributed by atoms with E-state index < -0.39 is 12.0 Å². The number of hydrogen-bond donors (Lipinski definition) is 3. The zero-order valence-electron chi connectivity index (χ0n) is 9.09. The third kappa shape index (κ3) is 13.4. The van der Waals surface area contributed by atoms with Gasteiger partial charge in [-0.3, -0.25) is 20.1 Å². The van der Waals surface area contributed by atoms with E-state index in [9.17, 15) is 4.79 Å². The Kier molecular flexibility index (Phi) is 18.8. The predicted octanol–water partition coefficient (Wildman–Crippen LogP) is 0.591. The first kappa shape index (κ1) is 20.8. The average molecular weight is 276 g/mol. The maximum atomic E-state index is 10.3. The predicted molar refractivity (Wildman–Crippen MR) is 67.5 cm³/mol. The van der Waals surface area contributed by atoms with Crippen LogP contribution in [0.25, 0.3) is 0 Å². The van der Waals surface area contributed by atoms with Gasteiger partial charge in [0.25, 0.3) is 0 Å². The van der Waals surface area contributed by atoms with Gasteiger partial charge in [0, 0.05) is 6.54 Å². The zero-order chi connectivity index (χ0) is 10.8. The molecule has 0 radical (unpaired) electrons. The third-order valence-electron chi connectivity index (χ3n) is 1.49. The number of carboxylic acid groups (broad SMARTS) is 1. The van der Waals surface area contributed by atoms with Crippen LogP contribution in [0.5, 0.6) is 0 Å². The van der Waals surface area contributed by atoms with Crippen molar-refractivity contribution < 1.29 is 14.7 Å². The van der Waals surface area contributed by atoms with Crippen molar-refractivity contribution >= 4 is 37.1 Å². The number of aliphatic imine (C=N–C) groups is 1. The van der Waals surface area contributed by atoms with Gasteiger partial charge < -0.3 is 10.8 Å². The number of nitrogens with zero attached hydrogens (tertiary/aromatic N) is 1. The molecule has 1 atom stereocenters. The summed E-state index contributed by atoms with van der Waals surface area (Å²) < 4.78 is 0. The van der Waals surface area contributed by atoms with Crippen LogP contribution >= 0.6 is 24.8 Å². The van der Waals surface area contributed by atoms with Crippen LogP contribution in [0.3, 0.4) is 0 Å². The maximum absolute atomic E-state index is 10.3. The van der Waals surface area contributed by atoms with Gasteiger partial charge in [0.15, 0.2) is 0 Å². The van der Waals surface area contributed by atoms with E-state index in [0.717, 1.165) is 0 Å². The van der Waals surface area contributed by atoms with Gasteiger partial charge in [-0.2, -0.15) is 0 Å². The van der Waals surface area contributed by atoms with Crippen molar-refractivity contribution in [1.29, 1.82) is 0 Å². The number of nitrogens with one attached hydrogen (secondary N) is 1. The number of hydrogen-bond acceptors (Lipinski definition) is 4. The van der Waals surface area contributed by atoms with E-state index in [1.807, 2.05) is 6.92 Å². The smallest absolute Gasteiger partial charge is 0.320 e. The monoisotopic (exact) mass is 275 g/mol. The summed E-state index contributed by atoms with van der Waals surface area (Å²) in [6.45, 7) is 2.96. The van der Waals surface area contributed by atoms with E-state index >= 15 is 0 Å². The number of rotatable bonds is 8. The molecule has 0 amide bonds. The highest BCUT2D eigenvalue weighted by Crippen LogP contribution is 1.94. The van der Waals surface area contributed by atoms with Gasteiger partial charge in [-0.05, 0) is 19.8 Å². The SMILES string of the molecule is CCONC=NCCC[C@H](N)C(=O)O.Cl.Cl. The molecule has 0 bridgehead atoms. The van der Waals surface area contributed by atoms with Crippen LogP contribution in [-0.4, -0.2) is 36.6 Å². The molecular weight excluding hydrogens is 257 g/mol. The Hall–Kier alpha value is -0.560. The van der Waals surface area contributed by atoms with Crippen molar-refractivity contribution in [3.63, 3.8) is 0 Å². The second-order valence-electron chi connectivity index (χ2n) is 2.67. The molecule has 4 N–H and O–H groups in total. The normalized spacial score (nSPS) is 11.4. The fourth-order valence-electron chi connectivity index (χ4n) is 0.748. The lowest BCUT2D eigenvalue weighted by atomic mass is 10.2. The van der Waals surface area contributed by atoms with Crippen molar-refractivity contribution in [2.24, 2.45) is 10.7 Å². The highest BCUT2D eigenvalue weighted by molar-refractivity contribution is 5.85. The molecule has 16 heavy (non-hydrogen) atoms. The molecule has 0 aliphatic rings. The summed E-state index contributed by atoms with van der Waals surface area (Å²) >= 11 is 0. The number of carbonyl (C=O) groups is 1. The molecule has 0 aliphatic carbocycles. The van der Waals surface area contributed by atoms with Crippen LogP contribution in [0, 0.1) is 0 Å². The van der Waals surface area contributed by atoms with Crippen LogP contribution in [0.4, 0.5) is 0 Å². The van der Waals surface area contributed by atoms with Crippen LogP contribution in [-0.2, 0) is 9.63 Å². The lowest BCUT2D eigenvalue weighted by molar-refractivity contribution is -0.138. The minimum absolute atomic E-state index is 0. The van der Waals surface area contributed by atoms with Crippen molar-refractivity contribution in [3.8, 4) is 0 Å². The van der Waals surface area contributed by atoms with Crippen LogP contribution in [0.1, 0.15) is 19.8 Å². The first-order chi connectivity index (χ1) is 6.68. The second-order valence-corrected chi connectivity index (χ2v) is 2.67. The molecule has 0 saturated carbocycles. The first-order valence-corrected chi connectivity index (χ1v) is 4.52. The molecule has 0 aromatic rings. The van der Waals surface area contributed by atoms with Gasteiger partial charge in [-0.1, -0.05) is 0 Å². The number of carboxylic acids is 1. The van der Waals surface area contributed by atoms with Crippen molar-refractivity contribution in [2.75, 3.05) is 13.2 Å². The van der Waals surface area contributed by atoms with Gasteiger partial charge >= 0.3 is 5.97 Å². The van der Waals surface area contributed by atoms with Gasteiger partial charge in [0.05, 0.1) is 6.61 Å². The quantitative estimate of drug-likeness (QED) is 0.261. The Labute approximate surface area is 107 Å². The molecule has 6 nitrogen and oxygen atoms in total. The van der Waals surface area contributed by atoms with E-state index in [1.54, 1.807) is 0 Å². The Bertz CT molecular complexity index is 193. The van der Waals surface area contributed by atoms with Gasteiger partial charge in [0.1, 0.15) is 12.4 Å². The van der Waals surface area contributed by atoms with Crippen LogP contribution < -0.4 is 11.2 Å². The molecule has 0 saturated heterocycles. The molecule has 0 heterocycles. The Balaban J connectivity index is -0.000000845. The van der Waals surface area contributed by atoms with Gasteiger partial charge in [0.2, 0.25) is 0 Å². The minimum atomic E-state index is -0.971. The Morgan fingerprint density at radius 3 is 2.75 bits per heavy atom. The summed E-state index contributed by atoms with van der Waals surface area (Å²) in [7, 11) is 0. The zero-order valence-corrected chi connectivity index (χ0v) is 10.7. The van der Waals surface area contributed by atoms with E-state index in [0.29, 0.717) is 26.0 Å². The summed E-state index contributed by atoms with van der Waals surface area (Å²) in [5.74, 6) is -0.971. The molecule has 0 fully saturated rings. The van der Waals surface area contributed by atoms with Crippen molar-refractivity contribution in [1.82, 2.24) is 5.48 Å². The number of nitrogens with two attached hydrogens (primary N) is 1. The van der Waals surface area contributed by atoms with E-state index in [4.69, 9.17) is 15.7 Å². The fourth-order valence-corrected chi connectivity index (χ4v) is 0.748. The number of hydroxylamine groups is 1. The molecule has 0 rings (SSSR count). The molecule has 0 aromatic carbocycles.